The fourth-order valence-corrected chi connectivity index (χ4v) is 5.23. The summed E-state index contributed by atoms with van der Waals surface area (Å²) >= 11 is 0. The molecule has 3 fully saturated rings. The molecule has 5 rings (SSSR count). The highest BCUT2D eigenvalue weighted by Gasteiger charge is 2.46. The van der Waals surface area contributed by atoms with Crippen molar-refractivity contribution in [2.75, 3.05) is 25.0 Å². The molecule has 1 aliphatic carbocycles. The second-order valence-corrected chi connectivity index (χ2v) is 9.50. The second-order valence-electron chi connectivity index (χ2n) is 9.50. The van der Waals surface area contributed by atoms with Gasteiger partial charge in [-0.1, -0.05) is 0 Å². The van der Waals surface area contributed by atoms with E-state index in [9.17, 15) is 14.7 Å². The van der Waals surface area contributed by atoms with Gasteiger partial charge in [-0.25, -0.2) is 0 Å². The normalized spacial score (nSPS) is 29.6. The molecule has 4 aliphatic rings. The smallest absolute Gasteiger partial charge is 0.225 e. The first-order chi connectivity index (χ1) is 15.1. The van der Waals surface area contributed by atoms with Gasteiger partial charge in [0.1, 0.15) is 18.0 Å². The van der Waals surface area contributed by atoms with Crippen molar-refractivity contribution < 1.29 is 24.2 Å². The molecule has 1 aromatic rings. The lowest BCUT2D eigenvalue weighted by atomic mass is 9.84. The van der Waals surface area contributed by atoms with Gasteiger partial charge in [-0.05, 0) is 62.6 Å². The van der Waals surface area contributed by atoms with Gasteiger partial charge in [0.25, 0.3) is 0 Å². The third kappa shape index (κ3) is 4.58. The summed E-state index contributed by atoms with van der Waals surface area (Å²) in [6, 6.07) is 5.75. The zero-order chi connectivity index (χ0) is 21.4. The number of nitrogens with zero attached hydrogens (tertiary/aromatic N) is 1. The Hall–Kier alpha value is -2.12. The van der Waals surface area contributed by atoms with Crippen molar-refractivity contribution >= 4 is 17.5 Å². The van der Waals surface area contributed by atoms with Crippen LogP contribution in [-0.2, 0) is 14.3 Å². The molecule has 2 N–H and O–H groups in total. The van der Waals surface area contributed by atoms with Crippen molar-refractivity contribution in [1.82, 2.24) is 4.90 Å². The van der Waals surface area contributed by atoms with E-state index in [2.05, 4.69) is 5.32 Å². The zero-order valence-corrected chi connectivity index (χ0v) is 17.9. The van der Waals surface area contributed by atoms with Crippen LogP contribution in [0.15, 0.2) is 18.2 Å². The molecule has 2 saturated heterocycles. The van der Waals surface area contributed by atoms with Crippen molar-refractivity contribution in [3.8, 4) is 5.75 Å². The lowest BCUT2D eigenvalue weighted by Gasteiger charge is -2.38. The minimum atomic E-state index is -0.460. The quantitative estimate of drug-likeness (QED) is 0.728. The van der Waals surface area contributed by atoms with Gasteiger partial charge in [-0.15, -0.1) is 0 Å². The molecule has 2 amide bonds. The Morgan fingerprint density at radius 3 is 2.68 bits per heavy atom. The molecule has 168 valence electrons. The Balaban J connectivity index is 1.28. The molecule has 0 spiro atoms. The van der Waals surface area contributed by atoms with E-state index in [1.807, 2.05) is 23.1 Å². The number of anilines is 1. The maximum absolute atomic E-state index is 12.8. The minimum Gasteiger partial charge on any atom is -0.487 e. The molecular weight excluding hydrogens is 396 g/mol. The number of likely N-dealkylation sites (tertiary alicyclic amines) is 1. The molecule has 1 aromatic carbocycles. The Morgan fingerprint density at radius 2 is 1.94 bits per heavy atom. The minimum absolute atomic E-state index is 0.0420. The topological polar surface area (TPSA) is 88.1 Å². The number of fused-ring (bicyclic) bond motifs is 3. The summed E-state index contributed by atoms with van der Waals surface area (Å²) in [5.74, 6) is 1.56. The Labute approximate surface area is 183 Å². The average Bonchev–Trinajstić information content (AvgIpc) is 3.52. The van der Waals surface area contributed by atoms with Crippen molar-refractivity contribution in [2.24, 2.45) is 5.92 Å². The van der Waals surface area contributed by atoms with Gasteiger partial charge < -0.3 is 24.8 Å². The fourth-order valence-electron chi connectivity index (χ4n) is 5.23. The van der Waals surface area contributed by atoms with Crippen LogP contribution < -0.4 is 10.1 Å². The number of hydrogen-bond acceptors (Lipinski definition) is 5. The predicted octanol–water partition coefficient (Wildman–Crippen LogP) is 2.82. The van der Waals surface area contributed by atoms with Crippen LogP contribution in [0.25, 0.3) is 0 Å². The summed E-state index contributed by atoms with van der Waals surface area (Å²) in [5, 5.41) is 12.9. The van der Waals surface area contributed by atoms with Gasteiger partial charge >= 0.3 is 0 Å². The van der Waals surface area contributed by atoms with E-state index in [0.717, 1.165) is 55.8 Å². The molecule has 7 heteroatoms. The number of benzene rings is 1. The van der Waals surface area contributed by atoms with Crippen LogP contribution in [0.3, 0.4) is 0 Å². The Bertz CT molecular complexity index is 833. The van der Waals surface area contributed by atoms with Crippen molar-refractivity contribution in [3.63, 3.8) is 0 Å². The lowest BCUT2D eigenvalue weighted by Crippen LogP contribution is -2.48. The number of piperidine rings is 1. The van der Waals surface area contributed by atoms with Gasteiger partial charge in [0.2, 0.25) is 11.8 Å². The first kappa shape index (κ1) is 20.8. The molecule has 3 aliphatic heterocycles. The number of ether oxygens (including phenoxy) is 2. The third-order valence-corrected chi connectivity index (χ3v) is 7.07. The Morgan fingerprint density at radius 1 is 1.13 bits per heavy atom. The van der Waals surface area contributed by atoms with Crippen LogP contribution in [0.1, 0.15) is 62.8 Å². The maximum atomic E-state index is 12.8. The van der Waals surface area contributed by atoms with Gasteiger partial charge in [0.15, 0.2) is 0 Å². The molecule has 0 bridgehead atoms. The van der Waals surface area contributed by atoms with Gasteiger partial charge in [-0.2, -0.15) is 0 Å². The van der Waals surface area contributed by atoms with Crippen LogP contribution in [0.4, 0.5) is 5.69 Å². The second kappa shape index (κ2) is 8.79. The average molecular weight is 429 g/mol. The number of rotatable bonds is 6. The van der Waals surface area contributed by atoms with Crippen LogP contribution in [0.5, 0.6) is 5.75 Å². The number of amides is 2. The molecule has 0 radical (unpaired) electrons. The number of nitrogens with one attached hydrogen (secondary N) is 1. The highest BCUT2D eigenvalue weighted by molar-refractivity contribution is 5.91. The van der Waals surface area contributed by atoms with Crippen molar-refractivity contribution in [2.45, 2.75) is 75.6 Å². The van der Waals surface area contributed by atoms with Crippen LogP contribution in [-0.4, -0.2) is 59.8 Å². The summed E-state index contributed by atoms with van der Waals surface area (Å²) in [6.45, 7) is 1.52. The van der Waals surface area contributed by atoms with E-state index >= 15 is 0 Å². The van der Waals surface area contributed by atoms with Crippen LogP contribution in [0, 0.1) is 5.92 Å². The van der Waals surface area contributed by atoms with E-state index in [-0.39, 0.29) is 36.5 Å². The summed E-state index contributed by atoms with van der Waals surface area (Å²) < 4.78 is 12.2. The molecule has 0 unspecified atom stereocenters. The Kier molecular flexibility index (Phi) is 5.89. The van der Waals surface area contributed by atoms with Gasteiger partial charge in [-0.3, -0.25) is 9.59 Å². The summed E-state index contributed by atoms with van der Waals surface area (Å²) in [4.78, 5) is 26.9. The third-order valence-electron chi connectivity index (χ3n) is 7.07. The maximum Gasteiger partial charge on any atom is 0.225 e. The van der Waals surface area contributed by atoms with E-state index in [4.69, 9.17) is 9.47 Å². The SMILES string of the molecule is O=C(CC1CC1)Nc1ccc2c(c1)[C@H]1C[C@@H](CC(=O)N3CCCCC3)O[C@@H](CO)[C@H]1O2. The first-order valence-electron chi connectivity index (χ1n) is 11.7. The zero-order valence-electron chi connectivity index (χ0n) is 17.9. The number of aliphatic hydroxyl groups is 1. The fraction of sp³-hybridized carbons (Fsp3) is 0.667. The largest absolute Gasteiger partial charge is 0.487 e. The van der Waals surface area contributed by atoms with E-state index in [1.54, 1.807) is 0 Å². The molecule has 0 aromatic heterocycles. The van der Waals surface area contributed by atoms with E-state index < -0.39 is 6.10 Å². The predicted molar refractivity (Wildman–Crippen MR) is 115 cm³/mol. The van der Waals surface area contributed by atoms with E-state index in [0.29, 0.717) is 25.2 Å². The number of aliphatic hydroxyl groups excluding tert-OH is 1. The summed E-state index contributed by atoms with van der Waals surface area (Å²) in [6.07, 6.45) is 6.25. The number of carbonyl (C=O) groups excluding carboxylic acids is 2. The highest BCUT2D eigenvalue weighted by atomic mass is 16.6. The van der Waals surface area contributed by atoms with Crippen LogP contribution >= 0.6 is 0 Å². The highest BCUT2D eigenvalue weighted by Crippen LogP contribution is 2.47. The lowest BCUT2D eigenvalue weighted by molar-refractivity contribution is -0.149. The number of hydrogen-bond donors (Lipinski definition) is 2. The van der Waals surface area contributed by atoms with Gasteiger partial charge in [0, 0.05) is 36.7 Å². The van der Waals surface area contributed by atoms with E-state index in [1.165, 1.54) is 6.42 Å². The molecule has 4 atom stereocenters. The molecule has 31 heavy (non-hydrogen) atoms. The van der Waals surface area contributed by atoms with Crippen molar-refractivity contribution in [1.29, 1.82) is 0 Å². The van der Waals surface area contributed by atoms with Crippen molar-refractivity contribution in [3.05, 3.63) is 23.8 Å². The first-order valence-corrected chi connectivity index (χ1v) is 11.7. The van der Waals surface area contributed by atoms with Crippen LogP contribution in [0.2, 0.25) is 0 Å². The molecule has 3 heterocycles. The molecule has 1 saturated carbocycles. The summed E-state index contributed by atoms with van der Waals surface area (Å²) in [7, 11) is 0. The standard InChI is InChI=1S/C24H32N2O5/c27-14-21-24-19(12-17(30-21)13-23(29)26-8-2-1-3-9-26)18-11-16(6-7-20(18)31-24)25-22(28)10-15-4-5-15/h6-7,11,15,17,19,21,24,27H,1-5,8-10,12-14H2,(H,25,28)/t17-,19+,21-,24-/m0/s1. The van der Waals surface area contributed by atoms with Gasteiger partial charge in [0.05, 0.1) is 19.1 Å². The summed E-state index contributed by atoms with van der Waals surface area (Å²) in [5.41, 5.74) is 1.81. The monoisotopic (exact) mass is 428 g/mol. The molecular formula is C24H32N2O5. The molecule has 7 nitrogen and oxygen atoms in total. The number of carbonyl (C=O) groups is 2.